The summed E-state index contributed by atoms with van der Waals surface area (Å²) in [5, 5.41) is 0. The Hall–Kier alpha value is -1.69. The van der Waals surface area contributed by atoms with E-state index in [-0.39, 0.29) is 30.7 Å². The predicted molar refractivity (Wildman–Crippen MR) is 99.4 cm³/mol. The van der Waals surface area contributed by atoms with Crippen LogP contribution < -0.4 is 0 Å². The molecule has 1 saturated heterocycles. The highest BCUT2D eigenvalue weighted by atomic mass is 79.9. The van der Waals surface area contributed by atoms with Crippen LogP contribution in [0.2, 0.25) is 0 Å². The second kappa shape index (κ2) is 9.70. The first-order valence-electron chi connectivity index (χ1n) is 8.61. The van der Waals surface area contributed by atoms with Crippen LogP contribution >= 0.6 is 15.9 Å². The monoisotopic (exact) mass is 410 g/mol. The molecule has 0 aromatic heterocycles. The first-order chi connectivity index (χ1) is 12.0. The highest BCUT2D eigenvalue weighted by Crippen LogP contribution is 2.18. The van der Waals surface area contributed by atoms with Gasteiger partial charge in [-0.25, -0.2) is 4.39 Å². The third-order valence-corrected chi connectivity index (χ3v) is 4.81. The number of amides is 2. The number of hydrogen-bond acceptors (Lipinski definition) is 2. The molecule has 0 saturated carbocycles. The molecule has 0 unspecified atom stereocenters. The largest absolute Gasteiger partial charge is 0.333 e. The molecule has 2 amide bonds. The third kappa shape index (κ3) is 5.96. The molecule has 1 heterocycles. The van der Waals surface area contributed by atoms with Gasteiger partial charge in [-0.15, -0.1) is 6.58 Å². The topological polar surface area (TPSA) is 40.6 Å². The predicted octanol–water partition coefficient (Wildman–Crippen LogP) is 3.90. The van der Waals surface area contributed by atoms with Crippen molar-refractivity contribution in [2.45, 2.75) is 38.6 Å². The van der Waals surface area contributed by atoms with Crippen LogP contribution in [0.4, 0.5) is 4.39 Å². The van der Waals surface area contributed by atoms with Gasteiger partial charge in [-0.05, 0) is 31.0 Å². The Kier molecular flexibility index (Phi) is 7.62. The number of carbonyl (C=O) groups excluding carboxylic acids is 2. The zero-order valence-corrected chi connectivity index (χ0v) is 15.9. The minimum atomic E-state index is -0.354. The summed E-state index contributed by atoms with van der Waals surface area (Å²) in [5.74, 6) is -0.513. The fourth-order valence-corrected chi connectivity index (χ4v) is 3.33. The van der Waals surface area contributed by atoms with Crippen LogP contribution in [-0.4, -0.2) is 41.2 Å². The average molecular weight is 411 g/mol. The fraction of sp³-hybridized carbons (Fsp3) is 0.474. The third-order valence-electron chi connectivity index (χ3n) is 4.32. The molecule has 0 atom stereocenters. The molecule has 1 aliphatic rings. The van der Waals surface area contributed by atoms with Crippen molar-refractivity contribution in [2.75, 3.05) is 19.6 Å². The highest BCUT2D eigenvalue weighted by Gasteiger charge is 2.22. The quantitative estimate of drug-likeness (QED) is 0.667. The van der Waals surface area contributed by atoms with Crippen molar-refractivity contribution >= 4 is 27.7 Å². The molecule has 1 aromatic rings. The zero-order chi connectivity index (χ0) is 18.2. The number of hydrogen-bond donors (Lipinski definition) is 0. The van der Waals surface area contributed by atoms with E-state index in [1.807, 2.05) is 0 Å². The minimum Gasteiger partial charge on any atom is -0.333 e. The Morgan fingerprint density at radius 1 is 1.32 bits per heavy atom. The average Bonchev–Trinajstić information content (AvgIpc) is 2.57. The van der Waals surface area contributed by atoms with Gasteiger partial charge in [0, 0.05) is 36.1 Å². The van der Waals surface area contributed by atoms with Gasteiger partial charge in [-0.3, -0.25) is 9.59 Å². The molecule has 25 heavy (non-hydrogen) atoms. The minimum absolute atomic E-state index is 0.0280. The van der Waals surface area contributed by atoms with Gasteiger partial charge < -0.3 is 9.80 Å². The number of halogens is 2. The van der Waals surface area contributed by atoms with E-state index in [9.17, 15) is 14.0 Å². The van der Waals surface area contributed by atoms with Crippen LogP contribution in [0, 0.1) is 5.82 Å². The van der Waals surface area contributed by atoms with Crippen LogP contribution in [0.25, 0.3) is 0 Å². The standard InChI is InChI=1S/C19H24BrFN2O2/c1-2-10-22(13-15-12-16(20)8-9-17(15)21)19(25)14-23-11-6-4-3-5-7-18(23)24/h2,8-9,12H,1,3-7,10-11,13-14H2. The van der Waals surface area contributed by atoms with Gasteiger partial charge in [0.1, 0.15) is 5.82 Å². The summed E-state index contributed by atoms with van der Waals surface area (Å²) in [6.45, 7) is 4.79. The summed E-state index contributed by atoms with van der Waals surface area (Å²) in [6.07, 6.45) is 6.05. The van der Waals surface area contributed by atoms with Crippen molar-refractivity contribution in [3.05, 3.63) is 46.7 Å². The molecule has 1 aliphatic heterocycles. The van der Waals surface area contributed by atoms with Crippen LogP contribution in [0.5, 0.6) is 0 Å². The van der Waals surface area contributed by atoms with E-state index in [0.717, 1.165) is 30.2 Å². The maximum Gasteiger partial charge on any atom is 0.242 e. The smallest absolute Gasteiger partial charge is 0.242 e. The lowest BCUT2D eigenvalue weighted by molar-refractivity contribution is -0.141. The molecular weight excluding hydrogens is 387 g/mol. The number of nitrogens with zero attached hydrogens (tertiary/aromatic N) is 2. The number of benzene rings is 1. The van der Waals surface area contributed by atoms with E-state index in [2.05, 4.69) is 22.5 Å². The first-order valence-corrected chi connectivity index (χ1v) is 9.41. The van der Waals surface area contributed by atoms with Gasteiger partial charge in [0.15, 0.2) is 0 Å². The Morgan fingerprint density at radius 3 is 2.84 bits per heavy atom. The molecule has 0 radical (unpaired) electrons. The Balaban J connectivity index is 2.07. The summed E-state index contributed by atoms with van der Waals surface area (Å²) < 4.78 is 14.8. The summed E-state index contributed by atoms with van der Waals surface area (Å²) in [5.41, 5.74) is 0.434. The number of likely N-dealkylation sites (tertiary alicyclic amines) is 1. The van der Waals surface area contributed by atoms with Crippen LogP contribution in [-0.2, 0) is 16.1 Å². The fourth-order valence-electron chi connectivity index (χ4n) is 2.93. The maximum absolute atomic E-state index is 14.0. The Morgan fingerprint density at radius 2 is 2.08 bits per heavy atom. The normalized spacial score (nSPS) is 15.4. The van der Waals surface area contributed by atoms with E-state index in [1.54, 1.807) is 23.1 Å². The molecule has 0 N–H and O–H groups in total. The van der Waals surface area contributed by atoms with Crippen molar-refractivity contribution in [2.24, 2.45) is 0 Å². The molecule has 6 heteroatoms. The van der Waals surface area contributed by atoms with Crippen molar-refractivity contribution in [3.8, 4) is 0 Å². The second-order valence-electron chi connectivity index (χ2n) is 6.28. The van der Waals surface area contributed by atoms with Gasteiger partial charge >= 0.3 is 0 Å². The van der Waals surface area contributed by atoms with E-state index in [0.29, 0.717) is 25.1 Å². The van der Waals surface area contributed by atoms with Gasteiger partial charge in [0.2, 0.25) is 11.8 Å². The zero-order valence-electron chi connectivity index (χ0n) is 14.3. The number of carbonyl (C=O) groups is 2. The van der Waals surface area contributed by atoms with Crippen molar-refractivity contribution < 1.29 is 14.0 Å². The van der Waals surface area contributed by atoms with Crippen LogP contribution in [0.15, 0.2) is 35.3 Å². The molecule has 0 spiro atoms. The van der Waals surface area contributed by atoms with Gasteiger partial charge in [-0.1, -0.05) is 34.8 Å². The maximum atomic E-state index is 14.0. The molecule has 2 rings (SSSR count). The van der Waals surface area contributed by atoms with Crippen molar-refractivity contribution in [3.63, 3.8) is 0 Å². The molecular formula is C19H24BrFN2O2. The molecule has 0 bridgehead atoms. The lowest BCUT2D eigenvalue weighted by Gasteiger charge is -2.28. The van der Waals surface area contributed by atoms with E-state index >= 15 is 0 Å². The Labute approximate surface area is 156 Å². The SMILES string of the molecule is C=CCN(Cc1cc(Br)ccc1F)C(=O)CN1CCCCCCC1=O. The summed E-state index contributed by atoms with van der Waals surface area (Å²) in [6, 6.07) is 4.66. The first kappa shape index (κ1) is 19.6. The van der Waals surface area contributed by atoms with Crippen LogP contribution in [0.1, 0.15) is 37.7 Å². The molecule has 4 nitrogen and oxygen atoms in total. The van der Waals surface area contributed by atoms with Gasteiger partial charge in [-0.2, -0.15) is 0 Å². The van der Waals surface area contributed by atoms with E-state index in [4.69, 9.17) is 0 Å². The molecule has 1 fully saturated rings. The summed E-state index contributed by atoms with van der Waals surface area (Å²) in [7, 11) is 0. The second-order valence-corrected chi connectivity index (χ2v) is 7.19. The van der Waals surface area contributed by atoms with E-state index < -0.39 is 0 Å². The van der Waals surface area contributed by atoms with Crippen LogP contribution in [0.3, 0.4) is 0 Å². The van der Waals surface area contributed by atoms with Crippen molar-refractivity contribution in [1.29, 1.82) is 0 Å². The van der Waals surface area contributed by atoms with Crippen molar-refractivity contribution in [1.82, 2.24) is 9.80 Å². The number of rotatable bonds is 6. The summed E-state index contributed by atoms with van der Waals surface area (Å²) in [4.78, 5) is 28.1. The van der Waals surface area contributed by atoms with Gasteiger partial charge in [0.25, 0.3) is 0 Å². The Bertz CT molecular complexity index is 636. The van der Waals surface area contributed by atoms with Gasteiger partial charge in [0.05, 0.1) is 6.54 Å². The summed E-state index contributed by atoms with van der Waals surface area (Å²) >= 11 is 3.32. The van der Waals surface area contributed by atoms with E-state index in [1.165, 1.54) is 11.0 Å². The molecule has 0 aliphatic carbocycles. The lowest BCUT2D eigenvalue weighted by Crippen LogP contribution is -2.43. The molecule has 136 valence electrons. The highest BCUT2D eigenvalue weighted by molar-refractivity contribution is 9.10. The molecule has 1 aromatic carbocycles. The lowest BCUT2D eigenvalue weighted by atomic mass is 10.1.